The lowest BCUT2D eigenvalue weighted by atomic mass is 9.97. The number of hydrogen-bond acceptors (Lipinski definition) is 4. The third-order valence-electron chi connectivity index (χ3n) is 4.34. The maximum atomic E-state index is 12.3. The van der Waals surface area contributed by atoms with Crippen molar-refractivity contribution < 1.29 is 9.53 Å². The number of morpholine rings is 1. The van der Waals surface area contributed by atoms with E-state index in [-0.39, 0.29) is 10.8 Å². The molecule has 23 heavy (non-hydrogen) atoms. The maximum absolute atomic E-state index is 12.3. The van der Waals surface area contributed by atoms with Crippen molar-refractivity contribution in [1.29, 1.82) is 0 Å². The van der Waals surface area contributed by atoms with E-state index in [2.05, 4.69) is 31.0 Å². The summed E-state index contributed by atoms with van der Waals surface area (Å²) in [7, 11) is 0. The molecular weight excluding hydrogens is 310 g/mol. The molecule has 2 aliphatic rings. The summed E-state index contributed by atoms with van der Waals surface area (Å²) in [5.74, 6) is 1.58. The number of ether oxygens (including phenoxy) is 1. The Labute approximate surface area is 145 Å². The molecule has 5 nitrogen and oxygen atoms in total. The molecule has 2 saturated heterocycles. The van der Waals surface area contributed by atoms with E-state index in [0.717, 1.165) is 64.7 Å². The summed E-state index contributed by atoms with van der Waals surface area (Å²) in [4.78, 5) is 16.8. The van der Waals surface area contributed by atoms with Crippen LogP contribution in [0.3, 0.4) is 0 Å². The molecule has 0 aromatic heterocycles. The van der Waals surface area contributed by atoms with Gasteiger partial charge in [-0.1, -0.05) is 20.8 Å². The van der Waals surface area contributed by atoms with Gasteiger partial charge in [0.25, 0.3) is 0 Å². The van der Waals surface area contributed by atoms with Crippen molar-refractivity contribution in [2.75, 3.05) is 58.2 Å². The van der Waals surface area contributed by atoms with Crippen LogP contribution in [0.2, 0.25) is 0 Å². The Balaban J connectivity index is 1.66. The Bertz CT molecular complexity index is 367. The Morgan fingerprint density at radius 3 is 2.70 bits per heavy atom. The van der Waals surface area contributed by atoms with Gasteiger partial charge < -0.3 is 15.0 Å². The Hall–Kier alpha value is -0.460. The highest BCUT2D eigenvalue weighted by Crippen LogP contribution is 2.22. The van der Waals surface area contributed by atoms with Gasteiger partial charge in [-0.2, -0.15) is 11.8 Å². The van der Waals surface area contributed by atoms with Gasteiger partial charge in [0, 0.05) is 49.8 Å². The third-order valence-corrected chi connectivity index (χ3v) is 5.61. The van der Waals surface area contributed by atoms with Gasteiger partial charge >= 0.3 is 6.03 Å². The van der Waals surface area contributed by atoms with Crippen LogP contribution in [-0.2, 0) is 4.74 Å². The number of hydrogen-bond donors (Lipinski definition) is 1. The van der Waals surface area contributed by atoms with Crippen molar-refractivity contribution in [3.63, 3.8) is 0 Å². The van der Waals surface area contributed by atoms with Crippen molar-refractivity contribution in [1.82, 2.24) is 15.1 Å². The number of piperidine rings is 1. The summed E-state index contributed by atoms with van der Waals surface area (Å²) in [5.41, 5.74) is 0. The number of carbonyl (C=O) groups excluding carboxylic acids is 1. The van der Waals surface area contributed by atoms with E-state index in [9.17, 15) is 4.79 Å². The zero-order chi connectivity index (χ0) is 16.7. The van der Waals surface area contributed by atoms with Crippen LogP contribution in [0, 0.1) is 5.92 Å². The summed E-state index contributed by atoms with van der Waals surface area (Å²) in [6.45, 7) is 14.1. The lowest BCUT2D eigenvalue weighted by Gasteiger charge is -2.36. The van der Waals surface area contributed by atoms with Gasteiger partial charge in [-0.25, -0.2) is 4.79 Å². The van der Waals surface area contributed by atoms with Gasteiger partial charge in [0.15, 0.2) is 0 Å². The molecule has 0 saturated carbocycles. The van der Waals surface area contributed by atoms with Crippen LogP contribution in [0.5, 0.6) is 0 Å². The quantitative estimate of drug-likeness (QED) is 0.778. The summed E-state index contributed by atoms with van der Waals surface area (Å²) in [5, 5.41) is 3.08. The van der Waals surface area contributed by atoms with E-state index in [1.54, 1.807) is 0 Å². The number of amides is 2. The maximum Gasteiger partial charge on any atom is 0.317 e. The van der Waals surface area contributed by atoms with Crippen molar-refractivity contribution in [3.05, 3.63) is 0 Å². The molecule has 2 heterocycles. The van der Waals surface area contributed by atoms with E-state index in [4.69, 9.17) is 4.74 Å². The molecule has 0 aromatic carbocycles. The monoisotopic (exact) mass is 343 g/mol. The van der Waals surface area contributed by atoms with E-state index in [1.807, 2.05) is 16.7 Å². The average molecular weight is 344 g/mol. The summed E-state index contributed by atoms with van der Waals surface area (Å²) >= 11 is 1.89. The molecule has 2 rings (SSSR count). The number of urea groups is 1. The molecule has 1 unspecified atom stereocenters. The predicted octanol–water partition coefficient (Wildman–Crippen LogP) is 2.27. The van der Waals surface area contributed by atoms with E-state index >= 15 is 0 Å². The Kier molecular flexibility index (Phi) is 7.50. The smallest absolute Gasteiger partial charge is 0.317 e. The molecule has 1 atom stereocenters. The van der Waals surface area contributed by atoms with Gasteiger partial charge in [0.1, 0.15) is 0 Å². The molecule has 6 heteroatoms. The topological polar surface area (TPSA) is 44.8 Å². The lowest BCUT2D eigenvalue weighted by molar-refractivity contribution is 0.0249. The SMILES string of the molecule is CC(C)(C)SCCNC(=O)N1CCCC(CN2CCOCC2)C1. The van der Waals surface area contributed by atoms with E-state index in [0.29, 0.717) is 5.92 Å². The lowest BCUT2D eigenvalue weighted by Crippen LogP contribution is -2.49. The predicted molar refractivity (Wildman–Crippen MR) is 97.2 cm³/mol. The van der Waals surface area contributed by atoms with E-state index in [1.165, 1.54) is 6.42 Å². The van der Waals surface area contributed by atoms with Crippen LogP contribution >= 0.6 is 11.8 Å². The van der Waals surface area contributed by atoms with Crippen LogP contribution in [0.1, 0.15) is 33.6 Å². The fraction of sp³-hybridized carbons (Fsp3) is 0.941. The van der Waals surface area contributed by atoms with Crippen molar-refractivity contribution in [3.8, 4) is 0 Å². The molecule has 2 amide bonds. The highest BCUT2D eigenvalue weighted by molar-refractivity contribution is 8.00. The molecule has 0 bridgehead atoms. The van der Waals surface area contributed by atoms with Crippen LogP contribution in [-0.4, -0.2) is 78.8 Å². The molecule has 0 spiro atoms. The molecule has 0 radical (unpaired) electrons. The van der Waals surface area contributed by atoms with Gasteiger partial charge in [-0.15, -0.1) is 0 Å². The van der Waals surface area contributed by atoms with Gasteiger partial charge in [-0.05, 0) is 18.8 Å². The van der Waals surface area contributed by atoms with E-state index < -0.39 is 0 Å². The standard InChI is InChI=1S/C17H33N3O2S/c1-17(2,3)23-12-6-18-16(21)20-7-4-5-15(14-20)13-19-8-10-22-11-9-19/h15H,4-14H2,1-3H3,(H,18,21). The first-order valence-corrected chi connectivity index (χ1v) is 9.89. The zero-order valence-corrected chi connectivity index (χ0v) is 15.8. The summed E-state index contributed by atoms with van der Waals surface area (Å²) < 4.78 is 5.67. The number of nitrogens with one attached hydrogen (secondary N) is 1. The van der Waals surface area contributed by atoms with Crippen molar-refractivity contribution in [2.45, 2.75) is 38.4 Å². The van der Waals surface area contributed by atoms with Crippen molar-refractivity contribution >= 4 is 17.8 Å². The second-order valence-corrected chi connectivity index (χ2v) is 9.48. The minimum atomic E-state index is 0.117. The molecule has 0 aromatic rings. The van der Waals surface area contributed by atoms with Crippen LogP contribution < -0.4 is 5.32 Å². The van der Waals surface area contributed by atoms with Gasteiger partial charge in [0.2, 0.25) is 0 Å². The molecule has 2 aliphatic heterocycles. The minimum absolute atomic E-state index is 0.117. The fourth-order valence-electron chi connectivity index (χ4n) is 3.17. The number of rotatable bonds is 5. The highest BCUT2D eigenvalue weighted by Gasteiger charge is 2.25. The van der Waals surface area contributed by atoms with Crippen molar-refractivity contribution in [2.24, 2.45) is 5.92 Å². The molecule has 1 N–H and O–H groups in total. The minimum Gasteiger partial charge on any atom is -0.379 e. The fourth-order valence-corrected chi connectivity index (χ4v) is 3.99. The van der Waals surface area contributed by atoms with Crippen LogP contribution in [0.25, 0.3) is 0 Å². The van der Waals surface area contributed by atoms with Gasteiger partial charge in [-0.3, -0.25) is 4.90 Å². The number of likely N-dealkylation sites (tertiary alicyclic amines) is 1. The van der Waals surface area contributed by atoms with Crippen LogP contribution in [0.4, 0.5) is 4.79 Å². The second kappa shape index (κ2) is 9.14. The summed E-state index contributed by atoms with van der Waals surface area (Å²) in [6, 6.07) is 0.117. The Morgan fingerprint density at radius 1 is 1.26 bits per heavy atom. The normalized spacial score (nSPS) is 23.8. The first-order valence-electron chi connectivity index (χ1n) is 8.91. The number of thioether (sulfide) groups is 1. The molecule has 2 fully saturated rings. The largest absolute Gasteiger partial charge is 0.379 e. The molecular formula is C17H33N3O2S. The van der Waals surface area contributed by atoms with Gasteiger partial charge in [0.05, 0.1) is 13.2 Å². The Morgan fingerprint density at radius 2 is 2.00 bits per heavy atom. The van der Waals surface area contributed by atoms with Crippen LogP contribution in [0.15, 0.2) is 0 Å². The third kappa shape index (κ3) is 7.31. The second-order valence-electron chi connectivity index (χ2n) is 7.56. The number of carbonyl (C=O) groups is 1. The highest BCUT2D eigenvalue weighted by atomic mass is 32.2. The molecule has 0 aliphatic carbocycles. The number of nitrogens with zero attached hydrogens (tertiary/aromatic N) is 2. The first kappa shape index (κ1) is 18.9. The first-order chi connectivity index (χ1) is 10.9. The summed E-state index contributed by atoms with van der Waals surface area (Å²) in [6.07, 6.45) is 2.36. The average Bonchev–Trinajstić information content (AvgIpc) is 2.52. The molecule has 134 valence electrons. The zero-order valence-electron chi connectivity index (χ0n) is 15.0.